The number of nitrogens with one attached hydrogen (secondary N) is 1. The lowest BCUT2D eigenvalue weighted by Gasteiger charge is -2.44. The van der Waals surface area contributed by atoms with Gasteiger partial charge in [0.2, 0.25) is 0 Å². The van der Waals surface area contributed by atoms with Crippen LogP contribution in [0.2, 0.25) is 0 Å². The first-order chi connectivity index (χ1) is 14.0. The van der Waals surface area contributed by atoms with E-state index in [1.807, 2.05) is 18.3 Å². The van der Waals surface area contributed by atoms with E-state index >= 15 is 0 Å². The molecule has 5 nitrogen and oxygen atoms in total. The number of carbonyl (C=O) groups is 1. The highest BCUT2D eigenvalue weighted by Crippen LogP contribution is 2.25. The molecule has 2 aromatic carbocycles. The Morgan fingerprint density at radius 2 is 1.79 bits per heavy atom. The Morgan fingerprint density at radius 1 is 1.07 bits per heavy atom. The second-order valence-corrected chi connectivity index (χ2v) is 8.21. The first-order valence-electron chi connectivity index (χ1n) is 10.3. The number of ketones is 1. The molecule has 1 aromatic heterocycles. The van der Waals surface area contributed by atoms with Crippen molar-refractivity contribution in [2.45, 2.75) is 39.0 Å². The van der Waals surface area contributed by atoms with Crippen molar-refractivity contribution in [2.75, 3.05) is 19.7 Å². The molecule has 2 heterocycles. The molecular formula is C24H29N3O2. The van der Waals surface area contributed by atoms with Crippen LogP contribution in [0.1, 0.15) is 35.3 Å². The molecule has 0 saturated carbocycles. The molecule has 3 aromatic rings. The number of benzene rings is 2. The summed E-state index contributed by atoms with van der Waals surface area (Å²) >= 11 is 0. The number of hydrogen-bond acceptors (Lipinski definition) is 4. The Kier molecular flexibility index (Phi) is 5.81. The highest BCUT2D eigenvalue weighted by molar-refractivity contribution is 6.00. The number of aromatic nitrogens is 1. The summed E-state index contributed by atoms with van der Waals surface area (Å²) < 4.78 is 0. The molecule has 1 aliphatic rings. The molecule has 0 amide bonds. The fraction of sp³-hybridized carbons (Fsp3) is 0.375. The molecule has 0 bridgehead atoms. The van der Waals surface area contributed by atoms with E-state index in [1.54, 1.807) is 6.07 Å². The standard InChI is InChI=1S/C24H29N3O2/c1-17-12-26(13-18(2)27(17)14-19-6-4-3-5-7-19)15-21-11-25-23-10-20(24(29)16-28)8-9-22(21)23/h3-11,17-18,25,28H,12-16H2,1-2H3/t17-,18+. The summed E-state index contributed by atoms with van der Waals surface area (Å²) in [4.78, 5) is 20.1. The van der Waals surface area contributed by atoms with Crippen LogP contribution in [0.25, 0.3) is 10.9 Å². The number of H-pyrrole nitrogens is 1. The van der Waals surface area contributed by atoms with Crippen molar-refractivity contribution in [2.24, 2.45) is 0 Å². The van der Waals surface area contributed by atoms with E-state index in [9.17, 15) is 4.79 Å². The number of aliphatic hydroxyl groups is 1. The Bertz CT molecular complexity index is 970. The van der Waals surface area contributed by atoms with Crippen LogP contribution in [0.5, 0.6) is 0 Å². The van der Waals surface area contributed by atoms with Crippen molar-refractivity contribution in [1.82, 2.24) is 14.8 Å². The molecular weight excluding hydrogens is 362 g/mol. The van der Waals surface area contributed by atoms with Crippen molar-refractivity contribution in [3.8, 4) is 0 Å². The Balaban J connectivity index is 1.45. The van der Waals surface area contributed by atoms with Crippen LogP contribution >= 0.6 is 0 Å². The summed E-state index contributed by atoms with van der Waals surface area (Å²) in [6, 6.07) is 17.3. The van der Waals surface area contributed by atoms with Crippen LogP contribution < -0.4 is 0 Å². The van der Waals surface area contributed by atoms with Gasteiger partial charge in [0.1, 0.15) is 6.61 Å². The van der Waals surface area contributed by atoms with Crippen LogP contribution in [-0.4, -0.2) is 57.5 Å². The van der Waals surface area contributed by atoms with Gasteiger partial charge >= 0.3 is 0 Å². The predicted molar refractivity (Wildman–Crippen MR) is 116 cm³/mol. The summed E-state index contributed by atoms with van der Waals surface area (Å²) in [6.45, 7) is 8.12. The van der Waals surface area contributed by atoms with Crippen LogP contribution in [0.3, 0.4) is 0 Å². The first-order valence-corrected chi connectivity index (χ1v) is 10.3. The molecule has 2 atom stereocenters. The van der Waals surface area contributed by atoms with Gasteiger partial charge in [-0.15, -0.1) is 0 Å². The number of hydrogen-bond donors (Lipinski definition) is 2. The van der Waals surface area contributed by atoms with Gasteiger partial charge in [0.15, 0.2) is 5.78 Å². The Morgan fingerprint density at radius 3 is 2.48 bits per heavy atom. The van der Waals surface area contributed by atoms with Gasteiger partial charge in [-0.3, -0.25) is 14.6 Å². The zero-order valence-electron chi connectivity index (χ0n) is 17.1. The second kappa shape index (κ2) is 8.49. The van der Waals surface area contributed by atoms with E-state index in [4.69, 9.17) is 5.11 Å². The zero-order valence-corrected chi connectivity index (χ0v) is 17.1. The first kappa shape index (κ1) is 19.8. The maximum atomic E-state index is 11.7. The minimum absolute atomic E-state index is 0.250. The summed E-state index contributed by atoms with van der Waals surface area (Å²) in [7, 11) is 0. The number of fused-ring (bicyclic) bond motifs is 1. The molecule has 0 aliphatic carbocycles. The average Bonchev–Trinajstić information content (AvgIpc) is 3.13. The largest absolute Gasteiger partial charge is 0.388 e. The van der Waals surface area contributed by atoms with E-state index < -0.39 is 6.61 Å². The predicted octanol–water partition coefficient (Wildman–Crippen LogP) is 3.44. The lowest BCUT2D eigenvalue weighted by atomic mass is 10.0. The summed E-state index contributed by atoms with van der Waals surface area (Å²) in [5.41, 5.74) is 4.11. The Hall–Kier alpha value is -2.47. The zero-order chi connectivity index (χ0) is 20.4. The third kappa shape index (κ3) is 4.27. The quantitative estimate of drug-likeness (QED) is 0.632. The van der Waals surface area contributed by atoms with Gasteiger partial charge in [-0.1, -0.05) is 42.5 Å². The van der Waals surface area contributed by atoms with Crippen molar-refractivity contribution >= 4 is 16.7 Å². The summed E-state index contributed by atoms with van der Waals surface area (Å²) in [6.07, 6.45) is 2.05. The van der Waals surface area contributed by atoms with E-state index in [2.05, 4.69) is 59.0 Å². The lowest BCUT2D eigenvalue weighted by molar-refractivity contribution is 0.0292. The summed E-state index contributed by atoms with van der Waals surface area (Å²) in [5.74, 6) is -0.250. The number of carbonyl (C=O) groups excluding carboxylic acids is 1. The number of nitrogens with zero attached hydrogens (tertiary/aromatic N) is 2. The van der Waals surface area contributed by atoms with Gasteiger partial charge in [-0.05, 0) is 31.0 Å². The molecule has 0 spiro atoms. The molecule has 1 aliphatic heterocycles. The molecule has 152 valence electrons. The molecule has 2 N–H and O–H groups in total. The van der Waals surface area contributed by atoms with Crippen molar-refractivity contribution < 1.29 is 9.90 Å². The maximum absolute atomic E-state index is 11.7. The van der Waals surface area contributed by atoms with Crippen LogP contribution in [0.15, 0.2) is 54.7 Å². The number of piperazine rings is 1. The third-order valence-electron chi connectivity index (χ3n) is 6.01. The van der Waals surface area contributed by atoms with E-state index in [0.29, 0.717) is 17.6 Å². The van der Waals surface area contributed by atoms with Crippen LogP contribution in [-0.2, 0) is 13.1 Å². The molecule has 0 unspecified atom stereocenters. The van der Waals surface area contributed by atoms with Gasteiger partial charge < -0.3 is 10.1 Å². The van der Waals surface area contributed by atoms with Gasteiger partial charge in [-0.2, -0.15) is 0 Å². The minimum Gasteiger partial charge on any atom is -0.388 e. The van der Waals surface area contributed by atoms with E-state index in [0.717, 1.165) is 37.1 Å². The van der Waals surface area contributed by atoms with Gasteiger partial charge in [-0.25, -0.2) is 0 Å². The smallest absolute Gasteiger partial charge is 0.188 e. The fourth-order valence-electron chi connectivity index (χ4n) is 4.52. The van der Waals surface area contributed by atoms with E-state index in [-0.39, 0.29) is 5.78 Å². The molecule has 5 heteroatoms. The topological polar surface area (TPSA) is 59.6 Å². The SMILES string of the molecule is C[C@@H]1CN(Cc2c[nH]c3cc(C(=O)CO)ccc23)C[C@H](C)N1Cc1ccccc1. The second-order valence-electron chi connectivity index (χ2n) is 8.21. The molecule has 1 saturated heterocycles. The normalized spacial score (nSPS) is 20.9. The van der Waals surface area contributed by atoms with Gasteiger partial charge in [0.25, 0.3) is 0 Å². The molecule has 4 rings (SSSR count). The van der Waals surface area contributed by atoms with Crippen molar-refractivity contribution in [3.05, 3.63) is 71.4 Å². The summed E-state index contributed by atoms with van der Waals surface area (Å²) in [5, 5.41) is 10.2. The maximum Gasteiger partial charge on any atom is 0.188 e. The number of aliphatic hydroxyl groups excluding tert-OH is 1. The number of rotatable bonds is 6. The minimum atomic E-state index is -0.456. The van der Waals surface area contributed by atoms with Gasteiger partial charge in [0, 0.05) is 60.9 Å². The van der Waals surface area contributed by atoms with Gasteiger partial charge in [0.05, 0.1) is 0 Å². The van der Waals surface area contributed by atoms with Crippen molar-refractivity contribution in [1.29, 1.82) is 0 Å². The monoisotopic (exact) mass is 391 g/mol. The van der Waals surface area contributed by atoms with Crippen LogP contribution in [0.4, 0.5) is 0 Å². The molecule has 29 heavy (non-hydrogen) atoms. The lowest BCUT2D eigenvalue weighted by Crippen LogP contribution is -2.55. The number of aromatic amines is 1. The average molecular weight is 392 g/mol. The number of Topliss-reactive ketones (excluding diaryl/α,β-unsaturated/α-hetero) is 1. The highest BCUT2D eigenvalue weighted by Gasteiger charge is 2.29. The van der Waals surface area contributed by atoms with Crippen molar-refractivity contribution in [3.63, 3.8) is 0 Å². The molecule has 0 radical (unpaired) electrons. The van der Waals surface area contributed by atoms with Crippen LogP contribution in [0, 0.1) is 0 Å². The Labute approximate surface area is 171 Å². The molecule has 1 fully saturated rings. The van der Waals surface area contributed by atoms with E-state index in [1.165, 1.54) is 11.1 Å². The highest BCUT2D eigenvalue weighted by atomic mass is 16.3. The third-order valence-corrected chi connectivity index (χ3v) is 6.01. The fourth-order valence-corrected chi connectivity index (χ4v) is 4.52.